The van der Waals surface area contributed by atoms with Crippen LogP contribution >= 0.6 is 0 Å². The molecule has 1 aliphatic carbocycles. The summed E-state index contributed by atoms with van der Waals surface area (Å²) in [5, 5.41) is 3.32. The molecule has 1 aliphatic rings. The van der Waals surface area contributed by atoms with Crippen LogP contribution in [0.5, 0.6) is 0 Å². The Balaban J connectivity index is 0.000000161. The fourth-order valence-electron chi connectivity index (χ4n) is 7.31. The number of carbonyl (C=O) groups excluding carboxylic acids is 4. The number of anilines is 1. The van der Waals surface area contributed by atoms with Gasteiger partial charge in [-0.2, -0.15) is 0 Å². The second kappa shape index (κ2) is 31.1. The molecular formula is C68H58FNO4. The van der Waals surface area contributed by atoms with Crippen molar-refractivity contribution in [2.75, 3.05) is 5.32 Å². The Morgan fingerprint density at radius 3 is 0.959 bits per heavy atom. The summed E-state index contributed by atoms with van der Waals surface area (Å²) in [4.78, 5) is 46.7. The molecule has 0 heterocycles. The van der Waals surface area contributed by atoms with Crippen molar-refractivity contribution in [3.8, 4) is 0 Å². The molecule has 5 nitrogen and oxygen atoms in total. The van der Waals surface area contributed by atoms with Crippen LogP contribution in [-0.4, -0.2) is 23.1 Å². The number of hydrogen-bond acceptors (Lipinski definition) is 5. The zero-order chi connectivity index (χ0) is 51.8. The second-order valence-electron chi connectivity index (χ2n) is 16.7. The molecule has 8 aromatic carbocycles. The molecular weight excluding hydrogens is 914 g/mol. The molecule has 0 spiro atoms. The summed E-state index contributed by atoms with van der Waals surface area (Å²) < 4.78 is 13.8. The third kappa shape index (κ3) is 20.1. The minimum atomic E-state index is -0.394. The molecule has 0 aliphatic heterocycles. The zero-order valence-corrected chi connectivity index (χ0v) is 41.1. The van der Waals surface area contributed by atoms with Crippen molar-refractivity contribution < 1.29 is 23.6 Å². The average molecular weight is 972 g/mol. The molecule has 0 aromatic heterocycles. The molecule has 0 amide bonds. The number of benzene rings is 8. The van der Waals surface area contributed by atoms with Crippen molar-refractivity contribution in [3.05, 3.63) is 317 Å². The molecule has 9 rings (SSSR count). The number of halogens is 1. The van der Waals surface area contributed by atoms with Crippen LogP contribution in [0.3, 0.4) is 0 Å². The number of nitrogens with one attached hydrogen (secondary N) is 1. The Kier molecular flexibility index (Phi) is 22.6. The molecule has 0 radical (unpaired) electrons. The summed E-state index contributed by atoms with van der Waals surface area (Å²) in [5.41, 5.74) is 9.31. The predicted octanol–water partition coefficient (Wildman–Crippen LogP) is 15.9. The number of carbonyl (C=O) groups is 4. The first-order chi connectivity index (χ1) is 36.3. The monoisotopic (exact) mass is 971 g/mol. The van der Waals surface area contributed by atoms with Gasteiger partial charge in [-0.1, -0.05) is 249 Å². The molecule has 8 aromatic rings. The Morgan fingerprint density at radius 1 is 0.378 bits per heavy atom. The van der Waals surface area contributed by atoms with Crippen molar-refractivity contribution in [1.82, 2.24) is 0 Å². The molecule has 0 atom stereocenters. The van der Waals surface area contributed by atoms with Gasteiger partial charge in [-0.25, -0.2) is 4.39 Å². The molecule has 74 heavy (non-hydrogen) atoms. The normalized spacial score (nSPS) is 11.9. The molecule has 0 saturated heterocycles. The van der Waals surface area contributed by atoms with E-state index in [4.69, 9.17) is 0 Å². The van der Waals surface area contributed by atoms with E-state index in [1.807, 2.05) is 249 Å². The van der Waals surface area contributed by atoms with Gasteiger partial charge >= 0.3 is 0 Å². The van der Waals surface area contributed by atoms with Crippen molar-refractivity contribution in [3.63, 3.8) is 0 Å². The molecule has 6 heteroatoms. The van der Waals surface area contributed by atoms with Gasteiger partial charge in [0.05, 0.1) is 5.56 Å². The molecule has 0 saturated carbocycles. The van der Waals surface area contributed by atoms with Gasteiger partial charge in [-0.15, -0.1) is 0 Å². The summed E-state index contributed by atoms with van der Waals surface area (Å²) in [6, 6.07) is 71.8. The average Bonchev–Trinajstić information content (AvgIpc) is 3.46. The SMILES string of the molecule is O=C(C=Cc1ccccc1)C=Cc1ccccc1.O=C(C=Cc1ccccc1)C=Cc1ccccc1.O=C(C=Cc1ccccc1)C=Cc1ccccc1.O=C1CCCc2c(NCc3ccccc3)ccc(F)c21. The van der Waals surface area contributed by atoms with Crippen LogP contribution in [0.4, 0.5) is 10.1 Å². The maximum absolute atomic E-state index is 13.8. The van der Waals surface area contributed by atoms with E-state index in [9.17, 15) is 23.6 Å². The van der Waals surface area contributed by atoms with Gasteiger partial charge in [-0.3, -0.25) is 19.2 Å². The summed E-state index contributed by atoms with van der Waals surface area (Å²) in [6.45, 7) is 0.674. The zero-order valence-electron chi connectivity index (χ0n) is 41.1. The quantitative estimate of drug-likeness (QED) is 0.104. The molecule has 1 N–H and O–H groups in total. The van der Waals surface area contributed by atoms with Crippen LogP contribution in [0.25, 0.3) is 36.5 Å². The fourth-order valence-corrected chi connectivity index (χ4v) is 7.31. The van der Waals surface area contributed by atoms with E-state index in [0.717, 1.165) is 63.0 Å². The molecule has 0 bridgehead atoms. The van der Waals surface area contributed by atoms with Gasteiger partial charge in [0.2, 0.25) is 0 Å². The lowest BCUT2D eigenvalue weighted by atomic mass is 9.89. The first-order valence-electron chi connectivity index (χ1n) is 24.4. The Bertz CT molecular complexity index is 2760. The topological polar surface area (TPSA) is 80.3 Å². The highest BCUT2D eigenvalue weighted by Gasteiger charge is 2.23. The Morgan fingerprint density at radius 2 is 0.662 bits per heavy atom. The third-order valence-corrected chi connectivity index (χ3v) is 11.1. The second-order valence-corrected chi connectivity index (χ2v) is 16.7. The van der Waals surface area contributed by atoms with E-state index in [2.05, 4.69) is 5.32 Å². The Labute approximate surface area is 434 Å². The minimum Gasteiger partial charge on any atom is -0.381 e. The highest BCUT2D eigenvalue weighted by atomic mass is 19.1. The van der Waals surface area contributed by atoms with Crippen LogP contribution in [0.2, 0.25) is 0 Å². The lowest BCUT2D eigenvalue weighted by Crippen LogP contribution is -2.15. The maximum Gasteiger partial charge on any atom is 0.178 e. The van der Waals surface area contributed by atoms with Crippen molar-refractivity contribution in [1.29, 1.82) is 0 Å². The highest BCUT2D eigenvalue weighted by molar-refractivity contribution is 6.05. The largest absolute Gasteiger partial charge is 0.381 e. The lowest BCUT2D eigenvalue weighted by molar-refractivity contribution is -0.111. The lowest BCUT2D eigenvalue weighted by Gasteiger charge is -2.20. The van der Waals surface area contributed by atoms with Gasteiger partial charge in [-0.05, 0) is 106 Å². The van der Waals surface area contributed by atoms with E-state index >= 15 is 0 Å². The van der Waals surface area contributed by atoms with Gasteiger partial charge in [0, 0.05) is 18.7 Å². The number of fused-ring (bicyclic) bond motifs is 1. The van der Waals surface area contributed by atoms with Gasteiger partial charge in [0.15, 0.2) is 23.1 Å². The van der Waals surface area contributed by atoms with E-state index in [1.54, 1.807) is 42.5 Å². The fraction of sp³-hybridized carbons (Fsp3) is 0.0588. The summed E-state index contributed by atoms with van der Waals surface area (Å²) >= 11 is 0. The minimum absolute atomic E-state index is 0.0114. The first kappa shape index (κ1) is 54.0. The van der Waals surface area contributed by atoms with Crippen molar-refractivity contribution in [2.24, 2.45) is 0 Å². The highest BCUT2D eigenvalue weighted by Crippen LogP contribution is 2.30. The number of hydrogen-bond donors (Lipinski definition) is 1. The first-order valence-corrected chi connectivity index (χ1v) is 24.4. The number of allylic oxidation sites excluding steroid dienone is 6. The molecule has 0 fully saturated rings. The molecule has 0 unspecified atom stereocenters. The number of rotatable bonds is 15. The van der Waals surface area contributed by atoms with Crippen LogP contribution in [0, 0.1) is 5.82 Å². The van der Waals surface area contributed by atoms with Crippen LogP contribution < -0.4 is 5.32 Å². The van der Waals surface area contributed by atoms with Gasteiger partial charge in [0.25, 0.3) is 0 Å². The molecule has 366 valence electrons. The van der Waals surface area contributed by atoms with Gasteiger partial charge in [0.1, 0.15) is 5.82 Å². The third-order valence-electron chi connectivity index (χ3n) is 11.1. The number of Topliss-reactive ketones (excluding diaryl/α,β-unsaturated/α-hetero) is 1. The van der Waals surface area contributed by atoms with E-state index in [0.29, 0.717) is 13.0 Å². The summed E-state index contributed by atoms with van der Waals surface area (Å²) in [6.07, 6.45) is 22.4. The van der Waals surface area contributed by atoms with Crippen LogP contribution in [0.15, 0.2) is 261 Å². The van der Waals surface area contributed by atoms with Crippen LogP contribution in [-0.2, 0) is 27.3 Å². The van der Waals surface area contributed by atoms with Gasteiger partial charge < -0.3 is 5.32 Å². The smallest absolute Gasteiger partial charge is 0.178 e. The Hall–Kier alpha value is -9.39. The predicted molar refractivity (Wildman–Crippen MR) is 305 cm³/mol. The van der Waals surface area contributed by atoms with E-state index in [-0.39, 0.29) is 28.7 Å². The summed E-state index contributed by atoms with van der Waals surface area (Å²) in [5.74, 6) is -0.504. The number of ketones is 4. The summed E-state index contributed by atoms with van der Waals surface area (Å²) in [7, 11) is 0. The van der Waals surface area contributed by atoms with E-state index < -0.39 is 5.82 Å². The van der Waals surface area contributed by atoms with Crippen LogP contribution in [0.1, 0.15) is 67.7 Å². The van der Waals surface area contributed by atoms with Crippen molar-refractivity contribution in [2.45, 2.75) is 25.8 Å². The van der Waals surface area contributed by atoms with E-state index in [1.165, 1.54) is 6.07 Å². The maximum atomic E-state index is 13.8. The standard InChI is InChI=1S/C17H16FNO.3C17H14O/c18-14-9-10-15(13-7-4-8-16(20)17(13)14)19-11-12-5-2-1-3-6-12;3*18-17(13-11-15-7-3-1-4-8-15)14-12-16-9-5-2-6-10-16/h1-3,5-6,9-10,19H,4,7-8,11H2;3*1-14H. The van der Waals surface area contributed by atoms with Crippen molar-refractivity contribution >= 4 is 65.3 Å².